The summed E-state index contributed by atoms with van der Waals surface area (Å²) in [5.74, 6) is 1.05. The van der Waals surface area contributed by atoms with E-state index >= 15 is 0 Å². The summed E-state index contributed by atoms with van der Waals surface area (Å²) in [5, 5.41) is 3.49. The van der Waals surface area contributed by atoms with Crippen molar-refractivity contribution in [3.63, 3.8) is 0 Å². The Labute approximate surface area is 122 Å². The van der Waals surface area contributed by atoms with Crippen molar-refractivity contribution in [2.45, 2.75) is 51.3 Å². The predicted molar refractivity (Wildman–Crippen MR) is 82.1 cm³/mol. The molecule has 1 N–H and O–H groups in total. The van der Waals surface area contributed by atoms with E-state index in [1.165, 1.54) is 31.2 Å². The van der Waals surface area contributed by atoms with Gasteiger partial charge in [0.05, 0.1) is 6.10 Å². The zero-order valence-corrected chi connectivity index (χ0v) is 12.5. The molecule has 1 aliphatic heterocycles. The number of nitrogens with one attached hydrogen (secondary N) is 1. The van der Waals surface area contributed by atoms with E-state index < -0.39 is 0 Å². The van der Waals surface area contributed by atoms with Gasteiger partial charge in [0, 0.05) is 32.2 Å². The summed E-state index contributed by atoms with van der Waals surface area (Å²) in [6.45, 7) is 6.66. The molecule has 0 unspecified atom stereocenters. The van der Waals surface area contributed by atoms with E-state index in [0.29, 0.717) is 12.1 Å². The first-order chi connectivity index (χ1) is 9.79. The molecule has 1 saturated heterocycles. The monoisotopic (exact) mass is 274 g/mol. The third kappa shape index (κ3) is 3.74. The molecule has 2 aliphatic rings. The first-order valence-electron chi connectivity index (χ1n) is 8.01. The quantitative estimate of drug-likeness (QED) is 0.913. The van der Waals surface area contributed by atoms with Gasteiger partial charge in [-0.15, -0.1) is 0 Å². The summed E-state index contributed by atoms with van der Waals surface area (Å²) >= 11 is 0. The fourth-order valence-corrected chi connectivity index (χ4v) is 3.33. The number of ether oxygens (including phenoxy) is 1. The lowest BCUT2D eigenvalue weighted by molar-refractivity contribution is 0.197. The first-order valence-corrected chi connectivity index (χ1v) is 8.01. The molecule has 1 saturated carbocycles. The lowest BCUT2D eigenvalue weighted by atomic mass is 10.1. The average molecular weight is 274 g/mol. The van der Waals surface area contributed by atoms with Crippen LogP contribution in [0.3, 0.4) is 0 Å². The molecular formula is C17H26N2O. The van der Waals surface area contributed by atoms with Gasteiger partial charge < -0.3 is 10.1 Å². The van der Waals surface area contributed by atoms with Crippen LogP contribution in [0, 0.1) is 0 Å². The van der Waals surface area contributed by atoms with Crippen molar-refractivity contribution >= 4 is 0 Å². The van der Waals surface area contributed by atoms with Crippen LogP contribution < -0.4 is 10.1 Å². The third-order valence-electron chi connectivity index (χ3n) is 4.36. The second-order valence-electron chi connectivity index (χ2n) is 6.26. The molecule has 1 atom stereocenters. The van der Waals surface area contributed by atoms with Crippen LogP contribution in [0.1, 0.15) is 38.2 Å². The van der Waals surface area contributed by atoms with Crippen molar-refractivity contribution in [2.24, 2.45) is 0 Å². The summed E-state index contributed by atoms with van der Waals surface area (Å²) in [5.41, 5.74) is 1.37. The number of hydrogen-bond donors (Lipinski definition) is 1. The van der Waals surface area contributed by atoms with Gasteiger partial charge in [-0.25, -0.2) is 0 Å². The highest BCUT2D eigenvalue weighted by Crippen LogP contribution is 2.25. The topological polar surface area (TPSA) is 24.5 Å². The Bertz CT molecular complexity index is 429. The van der Waals surface area contributed by atoms with Gasteiger partial charge in [-0.3, -0.25) is 4.90 Å². The average Bonchev–Trinajstić information content (AvgIpc) is 2.92. The minimum atomic E-state index is 0.449. The lowest BCUT2D eigenvalue weighted by Gasteiger charge is -2.31. The minimum Gasteiger partial charge on any atom is -0.490 e. The Morgan fingerprint density at radius 1 is 1.30 bits per heavy atom. The summed E-state index contributed by atoms with van der Waals surface area (Å²) in [6.07, 6.45) is 5.54. The first kappa shape index (κ1) is 13.9. The third-order valence-corrected chi connectivity index (χ3v) is 4.36. The smallest absolute Gasteiger partial charge is 0.120 e. The van der Waals surface area contributed by atoms with Crippen molar-refractivity contribution in [1.29, 1.82) is 0 Å². The molecule has 1 aliphatic carbocycles. The molecule has 0 radical (unpaired) electrons. The van der Waals surface area contributed by atoms with E-state index in [9.17, 15) is 0 Å². The van der Waals surface area contributed by atoms with Crippen LogP contribution in [0.2, 0.25) is 0 Å². The summed E-state index contributed by atoms with van der Waals surface area (Å²) in [7, 11) is 0. The maximum Gasteiger partial charge on any atom is 0.120 e. The highest BCUT2D eigenvalue weighted by atomic mass is 16.5. The van der Waals surface area contributed by atoms with E-state index in [1.807, 2.05) is 0 Å². The zero-order chi connectivity index (χ0) is 13.8. The molecule has 1 heterocycles. The van der Waals surface area contributed by atoms with E-state index in [1.54, 1.807) is 0 Å². The molecule has 0 amide bonds. The fraction of sp³-hybridized carbons (Fsp3) is 0.647. The Hall–Kier alpha value is -1.06. The van der Waals surface area contributed by atoms with Gasteiger partial charge in [0.2, 0.25) is 0 Å². The minimum absolute atomic E-state index is 0.449. The predicted octanol–water partition coefficient (Wildman–Crippen LogP) is 2.80. The number of piperazine rings is 1. The van der Waals surface area contributed by atoms with Gasteiger partial charge in [-0.2, -0.15) is 0 Å². The van der Waals surface area contributed by atoms with Gasteiger partial charge in [-0.1, -0.05) is 12.1 Å². The highest BCUT2D eigenvalue weighted by Gasteiger charge is 2.18. The molecule has 3 heteroatoms. The van der Waals surface area contributed by atoms with E-state index in [0.717, 1.165) is 31.9 Å². The van der Waals surface area contributed by atoms with E-state index in [4.69, 9.17) is 4.74 Å². The molecule has 0 bridgehead atoms. The van der Waals surface area contributed by atoms with Crippen LogP contribution in [0.5, 0.6) is 5.75 Å². The molecule has 3 nitrogen and oxygen atoms in total. The molecule has 2 fully saturated rings. The molecular weight excluding hydrogens is 248 g/mol. The van der Waals surface area contributed by atoms with Gasteiger partial charge in [0.15, 0.2) is 0 Å². The van der Waals surface area contributed by atoms with Crippen LogP contribution >= 0.6 is 0 Å². The fourth-order valence-electron chi connectivity index (χ4n) is 3.33. The normalized spacial score (nSPS) is 24.9. The van der Waals surface area contributed by atoms with Gasteiger partial charge in [0.1, 0.15) is 5.75 Å². The number of rotatable bonds is 4. The summed E-state index contributed by atoms with van der Waals surface area (Å²) in [6, 6.07) is 9.27. The molecule has 0 aromatic heterocycles. The van der Waals surface area contributed by atoms with E-state index in [-0.39, 0.29) is 0 Å². The molecule has 110 valence electrons. The molecule has 20 heavy (non-hydrogen) atoms. The Morgan fingerprint density at radius 3 is 2.95 bits per heavy atom. The standard InChI is InChI=1S/C17H26N2O/c1-14-12-19(10-9-18-14)13-15-5-4-8-17(11-15)20-16-6-2-3-7-16/h4-5,8,11,14,16,18H,2-3,6-7,9-10,12-13H2,1H3/t14-/m0/s1. The Kier molecular flexibility index (Phi) is 4.58. The van der Waals surface area contributed by atoms with Crippen molar-refractivity contribution < 1.29 is 4.74 Å². The second kappa shape index (κ2) is 6.59. The van der Waals surface area contributed by atoms with Crippen LogP contribution in [-0.2, 0) is 6.54 Å². The second-order valence-corrected chi connectivity index (χ2v) is 6.26. The number of hydrogen-bond acceptors (Lipinski definition) is 3. The van der Waals surface area contributed by atoms with Crippen molar-refractivity contribution in [3.8, 4) is 5.75 Å². The van der Waals surface area contributed by atoms with Crippen LogP contribution in [0.15, 0.2) is 24.3 Å². The Morgan fingerprint density at radius 2 is 2.15 bits per heavy atom. The van der Waals surface area contributed by atoms with Crippen molar-refractivity contribution in [1.82, 2.24) is 10.2 Å². The van der Waals surface area contributed by atoms with Gasteiger partial charge in [0.25, 0.3) is 0 Å². The molecule has 3 rings (SSSR count). The molecule has 1 aromatic rings. The van der Waals surface area contributed by atoms with Crippen LogP contribution in [0.25, 0.3) is 0 Å². The van der Waals surface area contributed by atoms with Crippen LogP contribution in [0.4, 0.5) is 0 Å². The van der Waals surface area contributed by atoms with Gasteiger partial charge >= 0.3 is 0 Å². The number of benzene rings is 1. The maximum atomic E-state index is 6.10. The SMILES string of the molecule is C[C@H]1CN(Cc2cccc(OC3CCCC3)c2)CCN1. The number of nitrogens with zero attached hydrogens (tertiary/aromatic N) is 1. The zero-order valence-electron chi connectivity index (χ0n) is 12.5. The van der Waals surface area contributed by atoms with Gasteiger partial charge in [-0.05, 0) is 50.3 Å². The summed E-state index contributed by atoms with van der Waals surface area (Å²) in [4.78, 5) is 2.52. The maximum absolute atomic E-state index is 6.10. The molecule has 0 spiro atoms. The lowest BCUT2D eigenvalue weighted by Crippen LogP contribution is -2.48. The van der Waals surface area contributed by atoms with Crippen molar-refractivity contribution in [2.75, 3.05) is 19.6 Å². The highest BCUT2D eigenvalue weighted by molar-refractivity contribution is 5.28. The largest absolute Gasteiger partial charge is 0.490 e. The van der Waals surface area contributed by atoms with Crippen LogP contribution in [-0.4, -0.2) is 36.7 Å². The molecule has 1 aromatic carbocycles. The van der Waals surface area contributed by atoms with E-state index in [2.05, 4.69) is 41.4 Å². The Balaban J connectivity index is 1.58. The summed E-state index contributed by atoms with van der Waals surface area (Å²) < 4.78 is 6.10. The van der Waals surface area contributed by atoms with Crippen molar-refractivity contribution in [3.05, 3.63) is 29.8 Å².